The maximum Gasteiger partial charge on any atom is 0.244 e. The quantitative estimate of drug-likeness (QED) is 0.705. The van der Waals surface area contributed by atoms with Crippen LogP contribution in [-0.2, 0) is 16.6 Å². The van der Waals surface area contributed by atoms with Gasteiger partial charge < -0.3 is 5.32 Å². The second kappa shape index (κ2) is 6.02. The number of hydrogen-bond acceptors (Lipinski definition) is 4. The highest BCUT2D eigenvalue weighted by Gasteiger charge is 2.30. The number of aromatic amines is 1. The van der Waals surface area contributed by atoms with Crippen LogP contribution in [0.5, 0.6) is 0 Å². The van der Waals surface area contributed by atoms with Crippen LogP contribution in [0, 0.1) is 6.92 Å². The largest absolute Gasteiger partial charge is 0.314 e. The highest BCUT2D eigenvalue weighted by Crippen LogP contribution is 2.21. The fourth-order valence-corrected chi connectivity index (χ4v) is 4.01. The van der Waals surface area contributed by atoms with Crippen molar-refractivity contribution < 1.29 is 8.42 Å². The van der Waals surface area contributed by atoms with Crippen molar-refractivity contribution in [1.29, 1.82) is 0 Å². The van der Waals surface area contributed by atoms with Crippen molar-refractivity contribution in [3.05, 3.63) is 11.4 Å². The van der Waals surface area contributed by atoms with Crippen LogP contribution < -0.4 is 10.0 Å². The Hall–Kier alpha value is -0.920. The van der Waals surface area contributed by atoms with Crippen LogP contribution in [0.15, 0.2) is 4.90 Å². The zero-order valence-corrected chi connectivity index (χ0v) is 13.1. The van der Waals surface area contributed by atoms with Crippen molar-refractivity contribution in [1.82, 2.24) is 20.2 Å². The molecule has 19 heavy (non-hydrogen) atoms. The molecule has 6 nitrogen and oxygen atoms in total. The summed E-state index contributed by atoms with van der Waals surface area (Å²) in [6, 6.07) is 0. The third-order valence-corrected chi connectivity index (χ3v) is 4.76. The summed E-state index contributed by atoms with van der Waals surface area (Å²) in [5.41, 5.74) is 0.610. The number of hydrogen-bond donors (Lipinski definition) is 3. The Balaban J connectivity index is 3.10. The maximum atomic E-state index is 12.5. The van der Waals surface area contributed by atoms with E-state index in [0.717, 1.165) is 12.8 Å². The molecular formula is C12H24N4O2S. The first kappa shape index (κ1) is 16.1. The van der Waals surface area contributed by atoms with Gasteiger partial charge in [-0.2, -0.15) is 5.10 Å². The molecule has 1 aromatic rings. The summed E-state index contributed by atoms with van der Waals surface area (Å²) >= 11 is 0. The smallest absolute Gasteiger partial charge is 0.244 e. The third kappa shape index (κ3) is 4.02. The van der Waals surface area contributed by atoms with Gasteiger partial charge in [0.15, 0.2) is 0 Å². The van der Waals surface area contributed by atoms with E-state index in [1.54, 1.807) is 14.0 Å². The van der Waals surface area contributed by atoms with E-state index in [4.69, 9.17) is 0 Å². The van der Waals surface area contributed by atoms with Crippen LogP contribution >= 0.6 is 0 Å². The number of H-pyrrole nitrogens is 1. The van der Waals surface area contributed by atoms with Gasteiger partial charge in [-0.3, -0.25) is 5.10 Å². The predicted octanol–water partition coefficient (Wildman–Crippen LogP) is 1.29. The molecule has 110 valence electrons. The number of sulfonamides is 1. The van der Waals surface area contributed by atoms with Crippen molar-refractivity contribution in [2.75, 3.05) is 7.05 Å². The first-order chi connectivity index (χ1) is 8.73. The Kier molecular flexibility index (Phi) is 5.11. The van der Waals surface area contributed by atoms with E-state index >= 15 is 0 Å². The number of rotatable bonds is 7. The summed E-state index contributed by atoms with van der Waals surface area (Å²) < 4.78 is 27.8. The summed E-state index contributed by atoms with van der Waals surface area (Å²) in [5, 5.41) is 9.70. The lowest BCUT2D eigenvalue weighted by molar-refractivity contribution is 0.417. The summed E-state index contributed by atoms with van der Waals surface area (Å²) in [6.07, 6.45) is 1.70. The van der Waals surface area contributed by atoms with Gasteiger partial charge in [0, 0.05) is 12.1 Å². The Morgan fingerprint density at radius 3 is 2.53 bits per heavy atom. The summed E-state index contributed by atoms with van der Waals surface area (Å²) in [6.45, 7) is 7.94. The summed E-state index contributed by atoms with van der Waals surface area (Å²) in [5.74, 6) is 0. The predicted molar refractivity (Wildman–Crippen MR) is 75.4 cm³/mol. The molecule has 0 aliphatic carbocycles. The minimum absolute atomic E-state index is 0.256. The molecule has 0 aliphatic rings. The monoisotopic (exact) mass is 288 g/mol. The van der Waals surface area contributed by atoms with Crippen LogP contribution in [0.1, 0.15) is 45.0 Å². The standard InChI is InChI=1S/C12H24N4O2S/c1-6-7-12(3,4)16-19(17,18)11-9(2)14-15-10(11)8-13-5/h13,16H,6-8H2,1-5H3,(H,14,15). The second-order valence-corrected chi connectivity index (χ2v) is 7.01. The topological polar surface area (TPSA) is 86.9 Å². The average Bonchev–Trinajstić information content (AvgIpc) is 2.59. The van der Waals surface area contributed by atoms with Gasteiger partial charge in [-0.15, -0.1) is 0 Å². The first-order valence-electron chi connectivity index (χ1n) is 6.46. The molecule has 1 aromatic heterocycles. The SMILES string of the molecule is CCCC(C)(C)NS(=O)(=O)c1c(CNC)n[nH]c1C. The molecule has 0 spiro atoms. The fourth-order valence-electron chi connectivity index (χ4n) is 2.20. The Bertz CT molecular complexity index is 520. The first-order valence-corrected chi connectivity index (χ1v) is 7.94. The van der Waals surface area contributed by atoms with Gasteiger partial charge in [-0.25, -0.2) is 13.1 Å². The van der Waals surface area contributed by atoms with E-state index in [2.05, 4.69) is 20.2 Å². The van der Waals surface area contributed by atoms with Crippen LogP contribution in [0.25, 0.3) is 0 Å². The molecule has 7 heteroatoms. The molecule has 0 atom stereocenters. The molecule has 0 radical (unpaired) electrons. The van der Waals surface area contributed by atoms with Crippen molar-refractivity contribution in [3.63, 3.8) is 0 Å². The summed E-state index contributed by atoms with van der Waals surface area (Å²) in [4.78, 5) is 0.256. The molecule has 0 amide bonds. The Labute approximate surface area is 115 Å². The van der Waals surface area contributed by atoms with Gasteiger partial charge in [-0.05, 0) is 34.2 Å². The maximum absolute atomic E-state index is 12.5. The molecule has 0 unspecified atom stereocenters. The Morgan fingerprint density at radius 2 is 2.00 bits per heavy atom. The number of nitrogens with zero attached hydrogens (tertiary/aromatic N) is 1. The molecular weight excluding hydrogens is 264 g/mol. The van der Waals surface area contributed by atoms with Crippen molar-refractivity contribution in [3.8, 4) is 0 Å². The van der Waals surface area contributed by atoms with Gasteiger partial charge in [-0.1, -0.05) is 13.3 Å². The minimum atomic E-state index is -3.56. The minimum Gasteiger partial charge on any atom is -0.314 e. The number of nitrogens with one attached hydrogen (secondary N) is 3. The van der Waals surface area contributed by atoms with Crippen LogP contribution in [0.3, 0.4) is 0 Å². The molecule has 0 saturated carbocycles. The lowest BCUT2D eigenvalue weighted by Gasteiger charge is -2.25. The number of aromatic nitrogens is 2. The van der Waals surface area contributed by atoms with Crippen molar-refractivity contribution in [2.45, 2.75) is 57.5 Å². The zero-order valence-electron chi connectivity index (χ0n) is 12.3. The molecule has 0 saturated heterocycles. The lowest BCUT2D eigenvalue weighted by atomic mass is 10.0. The fraction of sp³-hybridized carbons (Fsp3) is 0.750. The lowest BCUT2D eigenvalue weighted by Crippen LogP contribution is -2.43. The molecule has 1 rings (SSSR count). The van der Waals surface area contributed by atoms with Gasteiger partial charge in [0.2, 0.25) is 10.0 Å². The zero-order chi connectivity index (χ0) is 14.7. The van der Waals surface area contributed by atoms with E-state index in [1.165, 1.54) is 0 Å². The van der Waals surface area contributed by atoms with Crippen LogP contribution in [-0.4, -0.2) is 31.2 Å². The second-order valence-electron chi connectivity index (χ2n) is 5.39. The molecule has 0 fully saturated rings. The molecule has 0 aliphatic heterocycles. The average molecular weight is 288 g/mol. The van der Waals surface area contributed by atoms with Gasteiger partial charge in [0.25, 0.3) is 0 Å². The molecule has 3 N–H and O–H groups in total. The van der Waals surface area contributed by atoms with E-state index in [9.17, 15) is 8.42 Å². The van der Waals surface area contributed by atoms with E-state index in [0.29, 0.717) is 17.9 Å². The van der Waals surface area contributed by atoms with Crippen molar-refractivity contribution >= 4 is 10.0 Å². The normalized spacial score (nSPS) is 12.9. The molecule has 0 aromatic carbocycles. The molecule has 1 heterocycles. The molecule has 0 bridgehead atoms. The van der Waals surface area contributed by atoms with Crippen molar-refractivity contribution in [2.24, 2.45) is 0 Å². The number of aryl methyl sites for hydroxylation is 1. The highest BCUT2D eigenvalue weighted by atomic mass is 32.2. The van der Waals surface area contributed by atoms with E-state index < -0.39 is 15.6 Å². The van der Waals surface area contributed by atoms with Crippen LogP contribution in [0.2, 0.25) is 0 Å². The Morgan fingerprint density at radius 1 is 1.37 bits per heavy atom. The van der Waals surface area contributed by atoms with E-state index in [-0.39, 0.29) is 4.90 Å². The van der Waals surface area contributed by atoms with E-state index in [1.807, 2.05) is 20.8 Å². The van der Waals surface area contributed by atoms with Gasteiger partial charge in [0.1, 0.15) is 4.90 Å². The third-order valence-electron chi connectivity index (χ3n) is 2.86. The van der Waals surface area contributed by atoms with Gasteiger partial charge in [0.05, 0.1) is 11.4 Å². The van der Waals surface area contributed by atoms with Crippen LogP contribution in [0.4, 0.5) is 0 Å². The van der Waals surface area contributed by atoms with Gasteiger partial charge >= 0.3 is 0 Å². The highest BCUT2D eigenvalue weighted by molar-refractivity contribution is 7.89. The summed E-state index contributed by atoms with van der Waals surface area (Å²) in [7, 11) is -1.81.